The Bertz CT molecular complexity index is 563. The van der Waals surface area contributed by atoms with Gasteiger partial charge in [-0.2, -0.15) is 0 Å². The molecule has 0 fully saturated rings. The molecule has 1 aromatic carbocycles. The molecule has 21 heavy (non-hydrogen) atoms. The summed E-state index contributed by atoms with van der Waals surface area (Å²) in [6, 6.07) is 2.86. The first-order valence-corrected chi connectivity index (χ1v) is 6.37. The monoisotopic (exact) mass is 335 g/mol. The van der Waals surface area contributed by atoms with Crippen molar-refractivity contribution in [3.63, 3.8) is 0 Å². The van der Waals surface area contributed by atoms with Crippen LogP contribution in [0, 0.1) is 0 Å². The fourth-order valence-electron chi connectivity index (χ4n) is 1.34. The summed E-state index contributed by atoms with van der Waals surface area (Å²) >= 11 is 11.6. The highest BCUT2D eigenvalue weighted by molar-refractivity contribution is 6.34. The highest BCUT2D eigenvalue weighted by atomic mass is 35.5. The van der Waals surface area contributed by atoms with Crippen LogP contribution in [-0.2, 0) is 14.4 Å². The van der Waals surface area contributed by atoms with E-state index in [9.17, 15) is 14.4 Å². The molecule has 0 aliphatic rings. The molecule has 3 N–H and O–H groups in total. The molecule has 1 aromatic rings. The average molecular weight is 336 g/mol. The summed E-state index contributed by atoms with van der Waals surface area (Å²) in [7, 11) is 0. The third kappa shape index (κ3) is 5.88. The normalized spacial score (nSPS) is 11.5. The topological polar surface area (TPSA) is 113 Å². The Hall–Kier alpha value is -1.99. The number of carbonyl (C=O) groups excluding carboxylic acids is 1. The summed E-state index contributed by atoms with van der Waals surface area (Å²) in [5, 5.41) is 19.9. The summed E-state index contributed by atoms with van der Waals surface area (Å²) in [5.74, 6) is -3.43. The molecule has 7 nitrogen and oxygen atoms in total. The van der Waals surface area contributed by atoms with Crippen molar-refractivity contribution >= 4 is 41.0 Å². The molecule has 0 bridgehead atoms. The standard InChI is InChI=1S/C12H11Cl2NO6/c13-6-1-2-7(14)9(3-6)21-5-10(16)15-8(12(19)20)4-11(17)18/h1-3,8H,4-5H2,(H,15,16)(H,17,18)(H,19,20)/t8-/m1/s1. The van der Waals surface area contributed by atoms with E-state index in [1.807, 2.05) is 5.32 Å². The lowest BCUT2D eigenvalue weighted by molar-refractivity contribution is -0.147. The number of nitrogens with one attached hydrogen (secondary N) is 1. The summed E-state index contributed by atoms with van der Waals surface area (Å²) in [5.41, 5.74) is 0. The molecule has 1 rings (SSSR count). The molecule has 0 spiro atoms. The van der Waals surface area contributed by atoms with Crippen LogP contribution in [0.2, 0.25) is 10.0 Å². The van der Waals surface area contributed by atoms with Gasteiger partial charge in [-0.05, 0) is 12.1 Å². The molecule has 9 heteroatoms. The van der Waals surface area contributed by atoms with Crippen molar-refractivity contribution in [1.82, 2.24) is 5.32 Å². The molecule has 1 atom stereocenters. The number of hydrogen-bond acceptors (Lipinski definition) is 4. The van der Waals surface area contributed by atoms with E-state index in [1.165, 1.54) is 18.2 Å². The Balaban J connectivity index is 2.58. The number of ether oxygens (including phenoxy) is 1. The van der Waals surface area contributed by atoms with Crippen LogP contribution in [0.4, 0.5) is 0 Å². The minimum Gasteiger partial charge on any atom is -0.482 e. The molecule has 0 saturated carbocycles. The molecule has 0 radical (unpaired) electrons. The molecule has 0 aliphatic carbocycles. The van der Waals surface area contributed by atoms with Crippen molar-refractivity contribution in [2.45, 2.75) is 12.5 Å². The SMILES string of the molecule is O=C(O)C[C@@H](NC(=O)COc1cc(Cl)ccc1Cl)C(=O)O. The van der Waals surface area contributed by atoms with Gasteiger partial charge >= 0.3 is 11.9 Å². The average Bonchev–Trinajstić information content (AvgIpc) is 2.38. The lowest BCUT2D eigenvalue weighted by Gasteiger charge is -2.13. The van der Waals surface area contributed by atoms with E-state index in [2.05, 4.69) is 0 Å². The molecular formula is C12H11Cl2NO6. The summed E-state index contributed by atoms with van der Waals surface area (Å²) < 4.78 is 5.10. The zero-order valence-corrected chi connectivity index (χ0v) is 12.0. The number of halogens is 2. The van der Waals surface area contributed by atoms with Crippen LogP contribution in [-0.4, -0.2) is 40.7 Å². The number of carboxylic acid groups (broad SMARTS) is 2. The first-order chi connectivity index (χ1) is 9.79. The van der Waals surface area contributed by atoms with Gasteiger partial charge in [0.2, 0.25) is 0 Å². The molecule has 0 saturated heterocycles. The molecule has 0 unspecified atom stereocenters. The van der Waals surface area contributed by atoms with Crippen LogP contribution >= 0.6 is 23.2 Å². The maximum atomic E-state index is 11.5. The second-order valence-electron chi connectivity index (χ2n) is 3.92. The fourth-order valence-corrected chi connectivity index (χ4v) is 1.68. The lowest BCUT2D eigenvalue weighted by Crippen LogP contribution is -2.44. The minimum atomic E-state index is -1.53. The molecule has 0 aromatic heterocycles. The van der Waals surface area contributed by atoms with Crippen LogP contribution in [0.3, 0.4) is 0 Å². The third-order valence-electron chi connectivity index (χ3n) is 2.26. The number of hydrogen-bond donors (Lipinski definition) is 3. The Labute approximate surface area is 129 Å². The lowest BCUT2D eigenvalue weighted by atomic mass is 10.2. The van der Waals surface area contributed by atoms with Gasteiger partial charge in [-0.1, -0.05) is 23.2 Å². The zero-order valence-electron chi connectivity index (χ0n) is 10.5. The molecule has 0 aliphatic heterocycles. The molecule has 0 heterocycles. The number of carbonyl (C=O) groups is 3. The van der Waals surface area contributed by atoms with Crippen LogP contribution < -0.4 is 10.1 Å². The number of amides is 1. The molecule has 1 amide bonds. The second-order valence-corrected chi connectivity index (χ2v) is 4.76. The van der Waals surface area contributed by atoms with E-state index < -0.39 is 36.9 Å². The van der Waals surface area contributed by atoms with Crippen molar-refractivity contribution in [2.75, 3.05) is 6.61 Å². The first kappa shape index (κ1) is 17.1. The zero-order chi connectivity index (χ0) is 16.0. The van der Waals surface area contributed by atoms with Crippen LogP contribution in [0.1, 0.15) is 6.42 Å². The number of carboxylic acids is 2. The van der Waals surface area contributed by atoms with Crippen LogP contribution in [0.5, 0.6) is 5.75 Å². The van der Waals surface area contributed by atoms with E-state index in [0.717, 1.165) is 0 Å². The van der Waals surface area contributed by atoms with Crippen molar-refractivity contribution in [3.8, 4) is 5.75 Å². The van der Waals surface area contributed by atoms with Gasteiger partial charge in [-0.25, -0.2) is 4.79 Å². The maximum absolute atomic E-state index is 11.5. The number of benzene rings is 1. The van der Waals surface area contributed by atoms with Gasteiger partial charge in [-0.15, -0.1) is 0 Å². The van der Waals surface area contributed by atoms with Crippen molar-refractivity contribution in [3.05, 3.63) is 28.2 Å². The Morgan fingerprint density at radius 3 is 2.48 bits per heavy atom. The van der Waals surface area contributed by atoms with E-state index in [4.69, 9.17) is 38.2 Å². The summed E-state index contributed by atoms with van der Waals surface area (Å²) in [6.07, 6.45) is -0.737. The van der Waals surface area contributed by atoms with Gasteiger partial charge in [0.25, 0.3) is 5.91 Å². The third-order valence-corrected chi connectivity index (χ3v) is 2.81. The number of aliphatic carboxylic acids is 2. The van der Waals surface area contributed by atoms with Gasteiger partial charge in [0, 0.05) is 11.1 Å². The van der Waals surface area contributed by atoms with Crippen LogP contribution in [0.15, 0.2) is 18.2 Å². The first-order valence-electron chi connectivity index (χ1n) is 5.61. The smallest absolute Gasteiger partial charge is 0.326 e. The summed E-state index contributed by atoms with van der Waals surface area (Å²) in [6.45, 7) is -0.524. The maximum Gasteiger partial charge on any atom is 0.326 e. The molecular weight excluding hydrogens is 325 g/mol. The van der Waals surface area contributed by atoms with Crippen molar-refractivity contribution in [1.29, 1.82) is 0 Å². The van der Waals surface area contributed by atoms with Gasteiger partial charge in [-0.3, -0.25) is 9.59 Å². The van der Waals surface area contributed by atoms with E-state index in [0.29, 0.717) is 5.02 Å². The Kier molecular flexibility index (Phi) is 6.26. The predicted octanol–water partition coefficient (Wildman–Crippen LogP) is 1.42. The van der Waals surface area contributed by atoms with Gasteiger partial charge in [0.05, 0.1) is 11.4 Å². The van der Waals surface area contributed by atoms with Gasteiger partial charge in [0.1, 0.15) is 11.8 Å². The fraction of sp³-hybridized carbons (Fsp3) is 0.250. The van der Waals surface area contributed by atoms with E-state index in [1.54, 1.807) is 0 Å². The van der Waals surface area contributed by atoms with Crippen molar-refractivity contribution < 1.29 is 29.3 Å². The second kappa shape index (κ2) is 7.70. The minimum absolute atomic E-state index is 0.157. The van der Waals surface area contributed by atoms with E-state index >= 15 is 0 Å². The van der Waals surface area contributed by atoms with E-state index in [-0.39, 0.29) is 10.8 Å². The highest BCUT2D eigenvalue weighted by Crippen LogP contribution is 2.27. The van der Waals surface area contributed by atoms with Crippen LogP contribution in [0.25, 0.3) is 0 Å². The highest BCUT2D eigenvalue weighted by Gasteiger charge is 2.23. The largest absolute Gasteiger partial charge is 0.482 e. The summed E-state index contributed by atoms with van der Waals surface area (Å²) in [4.78, 5) is 32.8. The predicted molar refractivity (Wildman–Crippen MR) is 73.8 cm³/mol. The van der Waals surface area contributed by atoms with Gasteiger partial charge < -0.3 is 20.3 Å². The van der Waals surface area contributed by atoms with Gasteiger partial charge in [0.15, 0.2) is 6.61 Å². The Morgan fingerprint density at radius 2 is 1.90 bits per heavy atom. The van der Waals surface area contributed by atoms with Crippen molar-refractivity contribution in [2.24, 2.45) is 0 Å². The Morgan fingerprint density at radius 1 is 1.24 bits per heavy atom. The number of rotatable bonds is 7. The quantitative estimate of drug-likeness (QED) is 0.694. The molecule has 114 valence electrons.